The Labute approximate surface area is 107 Å². The van der Waals surface area contributed by atoms with Crippen molar-refractivity contribution in [1.82, 2.24) is 4.90 Å². The number of likely N-dealkylation sites (tertiary alicyclic amines) is 1. The van der Waals surface area contributed by atoms with E-state index in [0.29, 0.717) is 6.42 Å². The van der Waals surface area contributed by atoms with Crippen molar-refractivity contribution < 1.29 is 4.79 Å². The number of carbonyl (C=O) groups is 1. The Bertz CT molecular complexity index is 394. The molecule has 4 heteroatoms. The lowest BCUT2D eigenvalue weighted by Gasteiger charge is -2.47. The molecule has 1 aliphatic heterocycles. The zero-order chi connectivity index (χ0) is 12.6. The highest BCUT2D eigenvalue weighted by Gasteiger charge is 2.40. The van der Waals surface area contributed by atoms with Crippen molar-refractivity contribution in [3.8, 4) is 0 Å². The first-order valence-electron chi connectivity index (χ1n) is 6.01. The molecule has 94 valence electrons. The molecule has 1 saturated heterocycles. The summed E-state index contributed by atoms with van der Waals surface area (Å²) in [4.78, 5) is 14.1. The van der Waals surface area contributed by atoms with E-state index in [2.05, 4.69) is 32.2 Å². The molecule has 0 saturated carbocycles. The fourth-order valence-electron chi connectivity index (χ4n) is 2.55. The second-order valence-corrected chi connectivity index (χ2v) is 6.42. The van der Waals surface area contributed by atoms with E-state index in [9.17, 15) is 4.79 Å². The number of carbonyl (C=O) groups excluding carboxylic acids is 1. The quantitative estimate of drug-likeness (QED) is 0.835. The SMILES string of the molecule is CC(C)(C)N1C(=O)CCC(N)C1c1ccsc1. The fraction of sp³-hybridized carbons (Fsp3) is 0.615. The minimum Gasteiger partial charge on any atom is -0.329 e. The summed E-state index contributed by atoms with van der Waals surface area (Å²) in [6.07, 6.45) is 1.35. The second kappa shape index (κ2) is 4.42. The van der Waals surface area contributed by atoms with Gasteiger partial charge in [0.2, 0.25) is 5.91 Å². The van der Waals surface area contributed by atoms with Crippen LogP contribution in [0.5, 0.6) is 0 Å². The van der Waals surface area contributed by atoms with Crippen LogP contribution < -0.4 is 5.73 Å². The predicted molar refractivity (Wildman–Crippen MR) is 70.9 cm³/mol. The third-order valence-corrected chi connectivity index (χ3v) is 3.95. The molecule has 1 aromatic rings. The molecule has 1 amide bonds. The van der Waals surface area contributed by atoms with E-state index in [4.69, 9.17) is 5.73 Å². The van der Waals surface area contributed by atoms with Crippen LogP contribution in [0.1, 0.15) is 45.2 Å². The Hall–Kier alpha value is -0.870. The molecule has 3 nitrogen and oxygen atoms in total. The topological polar surface area (TPSA) is 46.3 Å². The van der Waals surface area contributed by atoms with Crippen LogP contribution in [0.3, 0.4) is 0 Å². The van der Waals surface area contributed by atoms with E-state index in [1.807, 2.05) is 10.3 Å². The summed E-state index contributed by atoms with van der Waals surface area (Å²) in [7, 11) is 0. The molecule has 17 heavy (non-hydrogen) atoms. The van der Waals surface area contributed by atoms with Gasteiger partial charge < -0.3 is 10.6 Å². The number of amides is 1. The molecular weight excluding hydrogens is 232 g/mol. The molecular formula is C13H20N2OS. The normalized spacial score (nSPS) is 26.4. The van der Waals surface area contributed by atoms with E-state index >= 15 is 0 Å². The average molecular weight is 252 g/mol. The summed E-state index contributed by atoms with van der Waals surface area (Å²) in [5.41, 5.74) is 7.22. The summed E-state index contributed by atoms with van der Waals surface area (Å²) in [6, 6.07) is 2.15. The Morgan fingerprint density at radius 2 is 2.18 bits per heavy atom. The standard InChI is InChI=1S/C13H20N2OS/c1-13(2,3)15-11(16)5-4-10(14)12(15)9-6-7-17-8-9/h6-8,10,12H,4-5,14H2,1-3H3. The van der Waals surface area contributed by atoms with Crippen molar-refractivity contribution in [2.75, 3.05) is 0 Å². The van der Waals surface area contributed by atoms with Crippen molar-refractivity contribution >= 4 is 17.2 Å². The van der Waals surface area contributed by atoms with Crippen molar-refractivity contribution in [2.24, 2.45) is 5.73 Å². The lowest BCUT2D eigenvalue weighted by molar-refractivity contribution is -0.144. The Kier molecular flexibility index (Phi) is 3.27. The number of rotatable bonds is 1. The van der Waals surface area contributed by atoms with Crippen LogP contribution in [0.15, 0.2) is 16.8 Å². The minimum atomic E-state index is -0.179. The van der Waals surface area contributed by atoms with Gasteiger partial charge >= 0.3 is 0 Å². The first-order chi connectivity index (χ1) is 7.91. The maximum atomic E-state index is 12.2. The number of hydrogen-bond acceptors (Lipinski definition) is 3. The lowest BCUT2D eigenvalue weighted by atomic mass is 9.87. The number of piperidine rings is 1. The fourth-order valence-corrected chi connectivity index (χ4v) is 3.24. The number of hydrogen-bond donors (Lipinski definition) is 1. The molecule has 0 aromatic carbocycles. The summed E-state index contributed by atoms with van der Waals surface area (Å²) in [6.45, 7) is 6.22. The van der Waals surface area contributed by atoms with Crippen LogP contribution in [-0.4, -0.2) is 22.4 Å². The highest BCUT2D eigenvalue weighted by atomic mass is 32.1. The van der Waals surface area contributed by atoms with E-state index in [0.717, 1.165) is 6.42 Å². The summed E-state index contributed by atoms with van der Waals surface area (Å²) >= 11 is 1.66. The van der Waals surface area contributed by atoms with Gasteiger partial charge in [-0.2, -0.15) is 11.3 Å². The third kappa shape index (κ3) is 2.38. The van der Waals surface area contributed by atoms with Crippen molar-refractivity contribution in [3.63, 3.8) is 0 Å². The summed E-state index contributed by atoms with van der Waals surface area (Å²) in [5.74, 6) is 0.218. The van der Waals surface area contributed by atoms with Gasteiger partial charge in [-0.05, 0) is 49.6 Å². The molecule has 0 bridgehead atoms. The number of thiophene rings is 1. The van der Waals surface area contributed by atoms with E-state index < -0.39 is 0 Å². The van der Waals surface area contributed by atoms with Gasteiger partial charge in [0.1, 0.15) is 0 Å². The maximum absolute atomic E-state index is 12.2. The first kappa shape index (κ1) is 12.6. The van der Waals surface area contributed by atoms with Crippen LogP contribution in [0.2, 0.25) is 0 Å². The van der Waals surface area contributed by atoms with Gasteiger partial charge in [-0.3, -0.25) is 4.79 Å². The zero-order valence-corrected chi connectivity index (χ0v) is 11.5. The van der Waals surface area contributed by atoms with E-state index in [1.165, 1.54) is 5.56 Å². The molecule has 2 atom stereocenters. The monoisotopic (exact) mass is 252 g/mol. The Morgan fingerprint density at radius 3 is 2.71 bits per heavy atom. The summed E-state index contributed by atoms with van der Waals surface area (Å²) < 4.78 is 0. The molecule has 1 aliphatic rings. The second-order valence-electron chi connectivity index (χ2n) is 5.64. The highest BCUT2D eigenvalue weighted by molar-refractivity contribution is 7.08. The Morgan fingerprint density at radius 1 is 1.47 bits per heavy atom. The zero-order valence-electron chi connectivity index (χ0n) is 10.6. The van der Waals surface area contributed by atoms with E-state index in [1.54, 1.807) is 11.3 Å². The average Bonchev–Trinajstić information content (AvgIpc) is 2.72. The van der Waals surface area contributed by atoms with Gasteiger partial charge in [0.15, 0.2) is 0 Å². The highest BCUT2D eigenvalue weighted by Crippen LogP contribution is 2.36. The van der Waals surface area contributed by atoms with Gasteiger partial charge in [-0.1, -0.05) is 0 Å². The summed E-state index contributed by atoms with van der Waals surface area (Å²) in [5, 5.41) is 4.14. The smallest absolute Gasteiger partial charge is 0.223 e. The Balaban J connectivity index is 2.39. The van der Waals surface area contributed by atoms with Crippen molar-refractivity contribution in [3.05, 3.63) is 22.4 Å². The van der Waals surface area contributed by atoms with Gasteiger partial charge in [-0.25, -0.2) is 0 Å². The predicted octanol–water partition coefficient (Wildman–Crippen LogP) is 2.54. The molecule has 2 heterocycles. The largest absolute Gasteiger partial charge is 0.329 e. The van der Waals surface area contributed by atoms with Crippen LogP contribution >= 0.6 is 11.3 Å². The molecule has 0 aliphatic carbocycles. The lowest BCUT2D eigenvalue weighted by Crippen LogP contribution is -2.56. The molecule has 1 aromatic heterocycles. The van der Waals surface area contributed by atoms with Crippen LogP contribution in [0.4, 0.5) is 0 Å². The van der Waals surface area contributed by atoms with Gasteiger partial charge in [0, 0.05) is 18.0 Å². The molecule has 2 N–H and O–H groups in total. The van der Waals surface area contributed by atoms with Crippen molar-refractivity contribution in [1.29, 1.82) is 0 Å². The molecule has 0 radical (unpaired) electrons. The minimum absolute atomic E-state index is 0.0301. The van der Waals surface area contributed by atoms with Crippen molar-refractivity contribution in [2.45, 2.75) is 51.2 Å². The van der Waals surface area contributed by atoms with Gasteiger partial charge in [0.05, 0.1) is 6.04 Å². The third-order valence-electron chi connectivity index (χ3n) is 3.25. The first-order valence-corrected chi connectivity index (χ1v) is 6.95. The molecule has 0 spiro atoms. The van der Waals surface area contributed by atoms with Gasteiger partial charge in [-0.15, -0.1) is 0 Å². The number of nitrogens with two attached hydrogens (primary N) is 1. The maximum Gasteiger partial charge on any atom is 0.223 e. The van der Waals surface area contributed by atoms with Crippen LogP contribution in [-0.2, 0) is 4.79 Å². The molecule has 1 fully saturated rings. The van der Waals surface area contributed by atoms with Gasteiger partial charge in [0.25, 0.3) is 0 Å². The molecule has 2 rings (SSSR count). The van der Waals surface area contributed by atoms with E-state index in [-0.39, 0.29) is 23.5 Å². The number of nitrogens with zero attached hydrogens (tertiary/aromatic N) is 1. The molecule has 2 unspecified atom stereocenters. The van der Waals surface area contributed by atoms with Crippen LogP contribution in [0.25, 0.3) is 0 Å². The van der Waals surface area contributed by atoms with Crippen LogP contribution in [0, 0.1) is 0 Å².